The molecule has 20 heavy (non-hydrogen) atoms. The van der Waals surface area contributed by atoms with Crippen molar-refractivity contribution in [3.8, 4) is 0 Å². The Balaban J connectivity index is 2.10. The summed E-state index contributed by atoms with van der Waals surface area (Å²) in [6.07, 6.45) is 1.15. The standard InChI is InChI=1S/C12H17N3O4S/c1-2-6-15-11(16)4-3-10(14-15)12(17)13-9-5-7-20(18,19)8-9/h3-4,9H,2,5-8H2,1H3,(H,13,17)/t9-/m1/s1. The van der Waals surface area contributed by atoms with E-state index >= 15 is 0 Å². The van der Waals surface area contributed by atoms with E-state index in [0.717, 1.165) is 6.42 Å². The highest BCUT2D eigenvalue weighted by Crippen LogP contribution is 2.11. The summed E-state index contributed by atoms with van der Waals surface area (Å²) in [5.74, 6) is -0.384. The van der Waals surface area contributed by atoms with Crippen LogP contribution in [-0.4, -0.2) is 41.7 Å². The number of carbonyl (C=O) groups is 1. The zero-order chi connectivity index (χ0) is 14.8. The van der Waals surface area contributed by atoms with Gasteiger partial charge < -0.3 is 5.32 Å². The van der Waals surface area contributed by atoms with Crippen LogP contribution < -0.4 is 10.9 Å². The van der Waals surface area contributed by atoms with E-state index in [2.05, 4.69) is 10.4 Å². The normalized spacial score (nSPS) is 20.8. The van der Waals surface area contributed by atoms with Crippen LogP contribution in [0.15, 0.2) is 16.9 Å². The van der Waals surface area contributed by atoms with Crippen molar-refractivity contribution in [2.75, 3.05) is 11.5 Å². The molecule has 1 aromatic rings. The molecule has 0 spiro atoms. The second-order valence-electron chi connectivity index (χ2n) is 4.85. The molecule has 0 saturated carbocycles. The van der Waals surface area contributed by atoms with Crippen molar-refractivity contribution in [3.63, 3.8) is 0 Å². The largest absolute Gasteiger partial charge is 0.347 e. The lowest BCUT2D eigenvalue weighted by Crippen LogP contribution is -2.37. The highest BCUT2D eigenvalue weighted by molar-refractivity contribution is 7.91. The lowest BCUT2D eigenvalue weighted by molar-refractivity contribution is 0.0933. The highest BCUT2D eigenvalue weighted by Gasteiger charge is 2.29. The fourth-order valence-corrected chi connectivity index (χ4v) is 3.78. The molecule has 110 valence electrons. The molecule has 0 unspecified atom stereocenters. The van der Waals surface area contributed by atoms with Crippen molar-refractivity contribution in [3.05, 3.63) is 28.2 Å². The third kappa shape index (κ3) is 3.44. The lowest BCUT2D eigenvalue weighted by Gasteiger charge is -2.11. The van der Waals surface area contributed by atoms with Crippen LogP contribution >= 0.6 is 0 Å². The Morgan fingerprint density at radius 1 is 1.50 bits per heavy atom. The van der Waals surface area contributed by atoms with E-state index < -0.39 is 15.7 Å². The number of aromatic nitrogens is 2. The summed E-state index contributed by atoms with van der Waals surface area (Å²) in [5.41, 5.74) is -0.130. The van der Waals surface area contributed by atoms with Gasteiger partial charge in [0, 0.05) is 18.7 Å². The van der Waals surface area contributed by atoms with E-state index in [1.165, 1.54) is 16.8 Å². The topological polar surface area (TPSA) is 98.1 Å². The van der Waals surface area contributed by atoms with Gasteiger partial charge in [-0.25, -0.2) is 13.1 Å². The first-order chi connectivity index (χ1) is 9.41. The summed E-state index contributed by atoms with van der Waals surface area (Å²) in [7, 11) is -3.04. The van der Waals surface area contributed by atoms with E-state index in [4.69, 9.17) is 0 Å². The van der Waals surface area contributed by atoms with E-state index in [1.54, 1.807) is 0 Å². The first-order valence-corrected chi connectivity index (χ1v) is 8.33. The van der Waals surface area contributed by atoms with Gasteiger partial charge in [0.1, 0.15) is 5.69 Å². The van der Waals surface area contributed by atoms with Gasteiger partial charge in [0.15, 0.2) is 9.84 Å². The molecular formula is C12H17N3O4S. The predicted octanol–water partition coefficient (Wildman–Crippen LogP) is -0.430. The van der Waals surface area contributed by atoms with Crippen LogP contribution in [0, 0.1) is 0 Å². The minimum Gasteiger partial charge on any atom is -0.347 e. The van der Waals surface area contributed by atoms with Crippen LogP contribution in [0.4, 0.5) is 0 Å². The number of nitrogens with zero attached hydrogens (tertiary/aromatic N) is 2. The second-order valence-corrected chi connectivity index (χ2v) is 7.08. The van der Waals surface area contributed by atoms with Gasteiger partial charge in [-0.3, -0.25) is 9.59 Å². The fourth-order valence-electron chi connectivity index (χ4n) is 2.11. The Morgan fingerprint density at radius 3 is 2.85 bits per heavy atom. The second kappa shape index (κ2) is 5.74. The summed E-state index contributed by atoms with van der Waals surface area (Å²) < 4.78 is 23.9. The molecule has 2 heterocycles. The van der Waals surface area contributed by atoms with Gasteiger partial charge in [-0.2, -0.15) is 5.10 Å². The Bertz CT molecular complexity index is 666. The Hall–Kier alpha value is -1.70. The van der Waals surface area contributed by atoms with Crippen molar-refractivity contribution in [1.82, 2.24) is 15.1 Å². The Labute approximate surface area is 116 Å². The molecule has 2 rings (SSSR count). The number of hydrogen-bond acceptors (Lipinski definition) is 5. The summed E-state index contributed by atoms with van der Waals surface area (Å²) in [5, 5.41) is 6.63. The van der Waals surface area contributed by atoms with Gasteiger partial charge in [-0.15, -0.1) is 0 Å². The number of carbonyl (C=O) groups excluding carboxylic acids is 1. The molecule has 1 saturated heterocycles. The average Bonchev–Trinajstić information content (AvgIpc) is 2.71. The molecule has 0 aromatic carbocycles. The van der Waals surface area contributed by atoms with Gasteiger partial charge >= 0.3 is 0 Å². The van der Waals surface area contributed by atoms with Gasteiger partial charge in [0.2, 0.25) is 0 Å². The molecule has 0 aliphatic carbocycles. The van der Waals surface area contributed by atoms with Crippen molar-refractivity contribution in [1.29, 1.82) is 0 Å². The first-order valence-electron chi connectivity index (χ1n) is 6.51. The fraction of sp³-hybridized carbons (Fsp3) is 0.583. The third-order valence-corrected chi connectivity index (χ3v) is 4.87. The smallest absolute Gasteiger partial charge is 0.271 e. The van der Waals surface area contributed by atoms with Crippen molar-refractivity contribution in [2.24, 2.45) is 0 Å². The number of rotatable bonds is 4. The lowest BCUT2D eigenvalue weighted by atomic mass is 10.2. The average molecular weight is 299 g/mol. The van der Waals surface area contributed by atoms with E-state index in [1.807, 2.05) is 6.92 Å². The molecule has 0 bridgehead atoms. The molecule has 1 fully saturated rings. The Kier molecular flexibility index (Phi) is 4.22. The number of sulfone groups is 1. The first kappa shape index (κ1) is 14.7. The van der Waals surface area contributed by atoms with Crippen LogP contribution in [0.3, 0.4) is 0 Å². The summed E-state index contributed by atoms with van der Waals surface area (Å²) in [6, 6.07) is 2.27. The maximum absolute atomic E-state index is 12.0. The monoisotopic (exact) mass is 299 g/mol. The predicted molar refractivity (Wildman–Crippen MR) is 73.3 cm³/mol. The van der Waals surface area contributed by atoms with Gasteiger partial charge in [-0.05, 0) is 18.9 Å². The molecule has 1 aliphatic heterocycles. The molecule has 1 N–H and O–H groups in total. The van der Waals surface area contributed by atoms with E-state index in [9.17, 15) is 18.0 Å². The molecule has 1 aliphatic rings. The molecular weight excluding hydrogens is 282 g/mol. The van der Waals surface area contributed by atoms with Crippen LogP contribution in [0.2, 0.25) is 0 Å². The molecule has 0 radical (unpaired) electrons. The van der Waals surface area contributed by atoms with Crippen molar-refractivity contribution < 1.29 is 13.2 Å². The number of amides is 1. The number of nitrogens with one attached hydrogen (secondary N) is 1. The highest BCUT2D eigenvalue weighted by atomic mass is 32.2. The van der Waals surface area contributed by atoms with Crippen LogP contribution in [0.1, 0.15) is 30.3 Å². The molecule has 7 nitrogen and oxygen atoms in total. The zero-order valence-electron chi connectivity index (χ0n) is 11.2. The number of aryl methyl sites for hydroxylation is 1. The molecule has 1 atom stereocenters. The number of hydrogen-bond donors (Lipinski definition) is 1. The summed E-state index contributed by atoms with van der Waals surface area (Å²) >= 11 is 0. The minimum atomic E-state index is -3.04. The molecule has 8 heteroatoms. The van der Waals surface area contributed by atoms with Gasteiger partial charge in [0.25, 0.3) is 11.5 Å². The molecule has 1 aromatic heterocycles. The maximum atomic E-state index is 12.0. The van der Waals surface area contributed by atoms with Gasteiger partial charge in [-0.1, -0.05) is 6.92 Å². The zero-order valence-corrected chi connectivity index (χ0v) is 12.0. The van der Waals surface area contributed by atoms with E-state index in [0.29, 0.717) is 13.0 Å². The Morgan fingerprint density at radius 2 is 2.25 bits per heavy atom. The quantitative estimate of drug-likeness (QED) is 0.813. The van der Waals surface area contributed by atoms with E-state index in [-0.39, 0.29) is 28.8 Å². The van der Waals surface area contributed by atoms with Crippen molar-refractivity contribution in [2.45, 2.75) is 32.4 Å². The van der Waals surface area contributed by atoms with Crippen LogP contribution in [0.5, 0.6) is 0 Å². The third-order valence-electron chi connectivity index (χ3n) is 3.10. The molecule has 1 amide bonds. The van der Waals surface area contributed by atoms with Gasteiger partial charge in [0.05, 0.1) is 11.5 Å². The van der Waals surface area contributed by atoms with Crippen LogP contribution in [0.25, 0.3) is 0 Å². The summed E-state index contributed by atoms with van der Waals surface area (Å²) in [6.45, 7) is 2.35. The minimum absolute atomic E-state index is 0.0344. The van der Waals surface area contributed by atoms with Crippen LogP contribution in [-0.2, 0) is 16.4 Å². The van der Waals surface area contributed by atoms with Crippen molar-refractivity contribution >= 4 is 15.7 Å². The maximum Gasteiger partial charge on any atom is 0.271 e. The SMILES string of the molecule is CCCn1nc(C(=O)N[C@@H]2CCS(=O)(=O)C2)ccc1=O. The summed E-state index contributed by atoms with van der Waals surface area (Å²) in [4.78, 5) is 23.5.